The number of nitrogens with zero attached hydrogens (tertiary/aromatic N) is 1. The number of hydrogen-bond acceptors (Lipinski definition) is 3. The second-order valence-corrected chi connectivity index (χ2v) is 7.98. The molecule has 0 fully saturated rings. The summed E-state index contributed by atoms with van der Waals surface area (Å²) in [6.45, 7) is 9.66. The van der Waals surface area contributed by atoms with Crippen molar-refractivity contribution < 1.29 is 19.5 Å². The van der Waals surface area contributed by atoms with Crippen LogP contribution in [0.4, 0.5) is 0 Å². The van der Waals surface area contributed by atoms with Gasteiger partial charge in [0.1, 0.15) is 6.04 Å². The van der Waals surface area contributed by atoms with E-state index in [2.05, 4.69) is 26.1 Å². The molecule has 0 saturated carbocycles. The van der Waals surface area contributed by atoms with Gasteiger partial charge in [-0.15, -0.1) is 0 Å². The molecule has 2 N–H and O–H groups in total. The topological polar surface area (TPSA) is 86.7 Å². The highest BCUT2D eigenvalue weighted by Gasteiger charge is 2.28. The molecule has 1 unspecified atom stereocenters. The molecule has 0 rings (SSSR count). The number of carbonyl (C=O) groups is 3. The number of rotatable bonds is 18. The van der Waals surface area contributed by atoms with Crippen molar-refractivity contribution in [2.45, 2.75) is 111 Å². The van der Waals surface area contributed by atoms with Crippen LogP contribution in [-0.4, -0.2) is 46.9 Å². The van der Waals surface area contributed by atoms with Crippen LogP contribution in [0.3, 0.4) is 0 Å². The maximum absolute atomic E-state index is 13.2. The van der Waals surface area contributed by atoms with Gasteiger partial charge in [0.05, 0.1) is 0 Å². The van der Waals surface area contributed by atoms with Gasteiger partial charge in [0.25, 0.3) is 0 Å². The predicted octanol–water partition coefficient (Wildman–Crippen LogP) is 4.76. The van der Waals surface area contributed by atoms with Gasteiger partial charge in [-0.25, -0.2) is 0 Å². The van der Waals surface area contributed by atoms with E-state index < -0.39 is 12.0 Å². The Morgan fingerprint density at radius 3 is 1.83 bits per heavy atom. The van der Waals surface area contributed by atoms with E-state index in [0.29, 0.717) is 13.1 Å². The summed E-state index contributed by atoms with van der Waals surface area (Å²) < 4.78 is 0. The van der Waals surface area contributed by atoms with E-state index in [-0.39, 0.29) is 30.6 Å². The largest absolute Gasteiger partial charge is 0.481 e. The molecule has 0 bridgehead atoms. The third-order valence-corrected chi connectivity index (χ3v) is 5.41. The number of carbonyl (C=O) groups excluding carboxylic acids is 2. The Balaban J connectivity index is 5.22. The smallest absolute Gasteiger partial charge is 0.303 e. The van der Waals surface area contributed by atoms with Gasteiger partial charge in [-0.1, -0.05) is 66.2 Å². The normalized spacial score (nSPS) is 13.0. The molecular weight excluding hydrogens is 368 g/mol. The summed E-state index contributed by atoms with van der Waals surface area (Å²) in [5, 5.41) is 12.0. The first-order valence-corrected chi connectivity index (χ1v) is 11.7. The molecule has 2 amide bonds. The van der Waals surface area contributed by atoms with Crippen LogP contribution in [0.1, 0.15) is 105 Å². The minimum Gasteiger partial charge on any atom is -0.481 e. The number of aliphatic carboxylic acids is 1. The Hall–Kier alpha value is -1.59. The number of hydrogen-bond donors (Lipinski definition) is 2. The molecule has 0 aliphatic carbocycles. The van der Waals surface area contributed by atoms with Crippen LogP contribution < -0.4 is 5.32 Å². The lowest BCUT2D eigenvalue weighted by Crippen LogP contribution is -2.50. The summed E-state index contributed by atoms with van der Waals surface area (Å²) in [5.74, 6) is -1.31. The van der Waals surface area contributed by atoms with Crippen LogP contribution >= 0.6 is 0 Å². The van der Waals surface area contributed by atoms with E-state index in [0.717, 1.165) is 64.2 Å². The Morgan fingerprint density at radius 2 is 1.38 bits per heavy atom. The Kier molecular flexibility index (Phi) is 16.3. The number of nitrogens with one attached hydrogen (secondary N) is 1. The molecule has 29 heavy (non-hydrogen) atoms. The fourth-order valence-corrected chi connectivity index (χ4v) is 3.44. The van der Waals surface area contributed by atoms with E-state index in [1.807, 2.05) is 11.8 Å². The first-order chi connectivity index (χ1) is 13.9. The average molecular weight is 413 g/mol. The summed E-state index contributed by atoms with van der Waals surface area (Å²) in [6.07, 6.45) is 9.66. The first-order valence-electron chi connectivity index (χ1n) is 11.7. The van der Waals surface area contributed by atoms with Crippen LogP contribution in [0, 0.1) is 5.92 Å². The van der Waals surface area contributed by atoms with Gasteiger partial charge in [0.15, 0.2) is 0 Å². The highest BCUT2D eigenvalue weighted by atomic mass is 16.4. The summed E-state index contributed by atoms with van der Waals surface area (Å²) in [7, 11) is 0. The first kappa shape index (κ1) is 27.4. The molecule has 0 aliphatic rings. The molecule has 2 atom stereocenters. The fourth-order valence-electron chi connectivity index (χ4n) is 3.44. The predicted molar refractivity (Wildman–Crippen MR) is 118 cm³/mol. The summed E-state index contributed by atoms with van der Waals surface area (Å²) in [6, 6.07) is -0.752. The molecule has 0 spiro atoms. The molecule has 0 aromatic carbocycles. The van der Waals surface area contributed by atoms with Crippen molar-refractivity contribution in [3.8, 4) is 0 Å². The molecule has 0 aromatic heterocycles. The highest BCUT2D eigenvalue weighted by Crippen LogP contribution is 2.15. The second kappa shape index (κ2) is 17.3. The average Bonchev–Trinajstić information content (AvgIpc) is 2.70. The van der Waals surface area contributed by atoms with Crippen molar-refractivity contribution in [2.24, 2.45) is 5.92 Å². The second-order valence-electron chi connectivity index (χ2n) is 7.98. The monoisotopic (exact) mass is 412 g/mol. The molecular formula is C23H44N2O4. The van der Waals surface area contributed by atoms with Crippen molar-refractivity contribution in [1.29, 1.82) is 0 Å². The van der Waals surface area contributed by atoms with Gasteiger partial charge in [0.2, 0.25) is 11.8 Å². The van der Waals surface area contributed by atoms with Crippen LogP contribution in [-0.2, 0) is 14.4 Å². The number of carboxylic acids is 1. The molecule has 0 saturated heterocycles. The van der Waals surface area contributed by atoms with Crippen molar-refractivity contribution >= 4 is 17.8 Å². The number of carboxylic acid groups (broad SMARTS) is 1. The van der Waals surface area contributed by atoms with Crippen molar-refractivity contribution in [2.75, 3.05) is 13.1 Å². The van der Waals surface area contributed by atoms with E-state index in [4.69, 9.17) is 5.11 Å². The zero-order chi connectivity index (χ0) is 22.1. The number of amides is 2. The van der Waals surface area contributed by atoms with Gasteiger partial charge in [0, 0.05) is 25.4 Å². The van der Waals surface area contributed by atoms with Crippen LogP contribution in [0.25, 0.3) is 0 Å². The van der Waals surface area contributed by atoms with Gasteiger partial charge in [-0.3, -0.25) is 14.4 Å². The maximum Gasteiger partial charge on any atom is 0.303 e. The summed E-state index contributed by atoms with van der Waals surface area (Å²) in [4.78, 5) is 38.9. The number of unbranched alkanes of at least 4 members (excludes halogenated alkanes) is 5. The summed E-state index contributed by atoms with van der Waals surface area (Å²) in [5.41, 5.74) is 0. The fraction of sp³-hybridized carbons (Fsp3) is 0.870. The lowest BCUT2D eigenvalue weighted by Gasteiger charge is -2.29. The molecule has 6 heteroatoms. The van der Waals surface area contributed by atoms with E-state index in [9.17, 15) is 14.4 Å². The van der Waals surface area contributed by atoms with Gasteiger partial charge in [-0.2, -0.15) is 0 Å². The molecule has 170 valence electrons. The lowest BCUT2D eigenvalue weighted by atomic mass is 9.97. The standard InChI is InChI=1S/C23H44N2O4/c1-5-9-12-17-25(18-13-10-6-2)23(29)20(15-16-21(26)27)24-22(28)19(8-4)14-11-7-3/h19-20H,5-18H2,1-4H3,(H,24,28)(H,26,27)/t19?,20-/m0/s1. The lowest BCUT2D eigenvalue weighted by molar-refractivity contribution is -0.140. The molecule has 0 aliphatic heterocycles. The highest BCUT2D eigenvalue weighted by molar-refractivity contribution is 5.88. The van der Waals surface area contributed by atoms with Crippen molar-refractivity contribution in [1.82, 2.24) is 10.2 Å². The minimum atomic E-state index is -0.946. The Morgan fingerprint density at radius 1 is 0.828 bits per heavy atom. The van der Waals surface area contributed by atoms with Gasteiger partial charge >= 0.3 is 5.97 Å². The Labute approximate surface area is 177 Å². The zero-order valence-electron chi connectivity index (χ0n) is 19.2. The summed E-state index contributed by atoms with van der Waals surface area (Å²) >= 11 is 0. The van der Waals surface area contributed by atoms with Crippen LogP contribution in [0.5, 0.6) is 0 Å². The molecule has 0 radical (unpaired) electrons. The van der Waals surface area contributed by atoms with Crippen LogP contribution in [0.2, 0.25) is 0 Å². The van der Waals surface area contributed by atoms with Crippen LogP contribution in [0.15, 0.2) is 0 Å². The molecule has 0 aromatic rings. The van der Waals surface area contributed by atoms with Crippen molar-refractivity contribution in [3.63, 3.8) is 0 Å². The Bertz CT molecular complexity index is 458. The molecule has 0 heterocycles. The van der Waals surface area contributed by atoms with E-state index in [1.165, 1.54) is 0 Å². The maximum atomic E-state index is 13.2. The van der Waals surface area contributed by atoms with E-state index in [1.54, 1.807) is 0 Å². The molecule has 6 nitrogen and oxygen atoms in total. The minimum absolute atomic E-state index is 0.119. The third kappa shape index (κ3) is 12.6. The third-order valence-electron chi connectivity index (χ3n) is 5.41. The SMILES string of the molecule is CCCCCN(CCCCC)C(=O)[C@H](CCC(=O)O)NC(=O)C(CC)CCCC. The van der Waals surface area contributed by atoms with Crippen molar-refractivity contribution in [3.05, 3.63) is 0 Å². The zero-order valence-corrected chi connectivity index (χ0v) is 19.2. The quantitative estimate of drug-likeness (QED) is 0.318. The van der Waals surface area contributed by atoms with Gasteiger partial charge in [-0.05, 0) is 32.1 Å². The van der Waals surface area contributed by atoms with Gasteiger partial charge < -0.3 is 15.3 Å². The van der Waals surface area contributed by atoms with E-state index >= 15 is 0 Å².